The van der Waals surface area contributed by atoms with Crippen LogP contribution in [-0.2, 0) is 15.1 Å². The second kappa shape index (κ2) is 16.9. The minimum Gasteiger partial charge on any atom is -0.494 e. The Morgan fingerprint density at radius 1 is 1.04 bits per heavy atom. The van der Waals surface area contributed by atoms with Crippen molar-refractivity contribution in [1.82, 2.24) is 16.0 Å². The van der Waals surface area contributed by atoms with Crippen molar-refractivity contribution < 1.29 is 37.4 Å². The van der Waals surface area contributed by atoms with E-state index < -0.39 is 40.8 Å². The Morgan fingerprint density at radius 2 is 1.72 bits per heavy atom. The van der Waals surface area contributed by atoms with Gasteiger partial charge in [-0.05, 0) is 76.5 Å². The summed E-state index contributed by atoms with van der Waals surface area (Å²) in [7, 11) is 1.29. The van der Waals surface area contributed by atoms with Crippen LogP contribution in [0.5, 0.6) is 11.5 Å². The molecule has 3 amide bonds. The molecule has 10 nitrogen and oxygen atoms in total. The molecule has 0 aromatic heterocycles. The van der Waals surface area contributed by atoms with Crippen molar-refractivity contribution >= 4 is 29.5 Å². The van der Waals surface area contributed by atoms with E-state index in [4.69, 9.17) is 31.5 Å². The van der Waals surface area contributed by atoms with Gasteiger partial charge >= 0.3 is 6.09 Å². The van der Waals surface area contributed by atoms with E-state index in [9.17, 15) is 14.4 Å². The summed E-state index contributed by atoms with van der Waals surface area (Å²) >= 11 is 6.63. The predicted octanol–water partition coefficient (Wildman–Crippen LogP) is 7.60. The molecule has 5 rings (SSSR count). The first kappa shape index (κ1) is 40.8. The van der Waals surface area contributed by atoms with Crippen LogP contribution in [0.25, 0.3) is 11.1 Å². The van der Waals surface area contributed by atoms with Crippen LogP contribution in [-0.4, -0.2) is 56.3 Å². The Labute approximate surface area is 320 Å². The first-order chi connectivity index (χ1) is 25.6. The third-order valence-electron chi connectivity index (χ3n) is 10.4. The molecule has 0 unspecified atom stereocenters. The van der Waals surface area contributed by atoms with Gasteiger partial charge in [0.15, 0.2) is 17.2 Å². The van der Waals surface area contributed by atoms with Gasteiger partial charge in [0.1, 0.15) is 17.2 Å². The van der Waals surface area contributed by atoms with E-state index >= 15 is 8.78 Å². The van der Waals surface area contributed by atoms with Crippen molar-refractivity contribution in [3.05, 3.63) is 81.9 Å². The van der Waals surface area contributed by atoms with E-state index in [2.05, 4.69) is 16.0 Å². The van der Waals surface area contributed by atoms with E-state index in [0.29, 0.717) is 44.5 Å². The van der Waals surface area contributed by atoms with Crippen LogP contribution in [0, 0.1) is 23.5 Å². The first-order valence-corrected chi connectivity index (χ1v) is 18.8. The SMILES string of the molecule is COc1ccc(C(N)=O)c(-c2c(Cl)c(F)cc3c2[C@H](C)[C@@](CNC2CCC(C(=O)NCC[C@@H](C)CNC(=O)OC(C)(C)C)CC2)(c2ccccc2)O3)c1F. The maximum Gasteiger partial charge on any atom is 0.407 e. The number of halogens is 3. The second-order valence-electron chi connectivity index (χ2n) is 15.4. The lowest BCUT2D eigenvalue weighted by atomic mass is 9.77. The third kappa shape index (κ3) is 8.92. The normalized spacial score (nSPS) is 21.4. The van der Waals surface area contributed by atoms with Crippen LogP contribution >= 0.6 is 11.6 Å². The van der Waals surface area contributed by atoms with Crippen molar-refractivity contribution in [3.8, 4) is 22.6 Å². The number of nitrogens with one attached hydrogen (secondary N) is 3. The van der Waals surface area contributed by atoms with Gasteiger partial charge in [-0.1, -0.05) is 55.8 Å². The van der Waals surface area contributed by atoms with Gasteiger partial charge in [0.05, 0.1) is 17.7 Å². The standard InChI is InChI=1S/C41H51ClF2N4O6/c1-23(21-47-39(51)54-40(3,4)5)18-19-46-38(50)25-12-14-27(15-13-25)48-22-41(26-10-8-7-9-11-26)24(2)32-31(53-41)20-29(43)35(42)34(32)33-28(37(45)49)16-17-30(52-6)36(33)44/h7-11,16-17,20,23-25,27,48H,12-15,18-19,21-22H2,1-6H3,(H2,45,49)(H,46,50)(H,47,51)/t23-,24+,25?,27?,41+/m1/s1. The van der Waals surface area contributed by atoms with Gasteiger partial charge in [-0.3, -0.25) is 9.59 Å². The zero-order valence-electron chi connectivity index (χ0n) is 31.7. The average Bonchev–Trinajstić information content (AvgIpc) is 3.41. The Balaban J connectivity index is 1.28. The lowest BCUT2D eigenvalue weighted by Gasteiger charge is -2.37. The van der Waals surface area contributed by atoms with Crippen LogP contribution in [0.4, 0.5) is 13.6 Å². The zero-order chi connectivity index (χ0) is 39.4. The fourth-order valence-electron chi connectivity index (χ4n) is 7.49. The molecule has 0 bridgehead atoms. The predicted molar refractivity (Wildman–Crippen MR) is 204 cm³/mol. The summed E-state index contributed by atoms with van der Waals surface area (Å²) in [5.74, 6) is -3.05. The van der Waals surface area contributed by atoms with E-state index in [1.54, 1.807) is 0 Å². The summed E-state index contributed by atoms with van der Waals surface area (Å²) in [6.07, 6.45) is 3.16. The first-order valence-electron chi connectivity index (χ1n) is 18.5. The molecule has 1 heterocycles. The van der Waals surface area contributed by atoms with Crippen LogP contribution < -0.4 is 31.2 Å². The van der Waals surface area contributed by atoms with Crippen molar-refractivity contribution in [3.63, 3.8) is 0 Å². The number of hydrogen-bond acceptors (Lipinski definition) is 7. The molecule has 1 aliphatic heterocycles. The largest absolute Gasteiger partial charge is 0.494 e. The van der Waals surface area contributed by atoms with Gasteiger partial charge in [0, 0.05) is 60.3 Å². The van der Waals surface area contributed by atoms with Crippen molar-refractivity contribution in [2.24, 2.45) is 17.6 Å². The monoisotopic (exact) mass is 768 g/mol. The summed E-state index contributed by atoms with van der Waals surface area (Å²) < 4.78 is 48.9. The second-order valence-corrected chi connectivity index (χ2v) is 15.8. The molecule has 2 aliphatic rings. The molecule has 1 aliphatic carbocycles. The number of amides is 3. The number of carbonyl (C=O) groups is 3. The molecule has 292 valence electrons. The number of hydrogen-bond donors (Lipinski definition) is 4. The molecule has 13 heteroatoms. The van der Waals surface area contributed by atoms with Crippen molar-refractivity contribution in [1.29, 1.82) is 0 Å². The Morgan fingerprint density at radius 3 is 2.35 bits per heavy atom. The summed E-state index contributed by atoms with van der Waals surface area (Å²) in [4.78, 5) is 37.6. The molecule has 3 aromatic rings. The van der Waals surface area contributed by atoms with Crippen LogP contribution in [0.15, 0.2) is 48.5 Å². The van der Waals surface area contributed by atoms with Gasteiger partial charge in [0.25, 0.3) is 0 Å². The maximum absolute atomic E-state index is 16.1. The number of alkyl carbamates (subject to hydrolysis) is 1. The van der Waals surface area contributed by atoms with E-state index in [1.165, 1.54) is 25.3 Å². The molecule has 54 heavy (non-hydrogen) atoms. The summed E-state index contributed by atoms with van der Waals surface area (Å²) in [6.45, 7) is 10.6. The molecular formula is C41H51ClF2N4O6. The fourth-order valence-corrected chi connectivity index (χ4v) is 7.74. The Bertz CT molecular complexity index is 1850. The molecule has 1 saturated carbocycles. The summed E-state index contributed by atoms with van der Waals surface area (Å²) in [6, 6.07) is 13.4. The molecule has 0 saturated heterocycles. The summed E-state index contributed by atoms with van der Waals surface area (Å²) in [5, 5.41) is 9.16. The van der Waals surface area contributed by atoms with Crippen LogP contribution in [0.3, 0.4) is 0 Å². The average molecular weight is 769 g/mol. The topological polar surface area (TPSA) is 141 Å². The van der Waals surface area contributed by atoms with E-state index in [0.717, 1.165) is 18.4 Å². The molecule has 3 atom stereocenters. The number of carbonyl (C=O) groups excluding carboxylic acids is 3. The van der Waals surface area contributed by atoms with Gasteiger partial charge in [-0.2, -0.15) is 0 Å². The van der Waals surface area contributed by atoms with Gasteiger partial charge < -0.3 is 35.9 Å². The highest BCUT2D eigenvalue weighted by molar-refractivity contribution is 6.34. The lowest BCUT2D eigenvalue weighted by molar-refractivity contribution is -0.126. The summed E-state index contributed by atoms with van der Waals surface area (Å²) in [5.41, 5.74) is 4.88. The number of benzene rings is 3. The van der Waals surface area contributed by atoms with Gasteiger partial charge in [-0.15, -0.1) is 0 Å². The molecule has 3 aromatic carbocycles. The minimum absolute atomic E-state index is 0.0117. The lowest BCUT2D eigenvalue weighted by Crippen LogP contribution is -2.48. The van der Waals surface area contributed by atoms with Crippen LogP contribution in [0.2, 0.25) is 5.02 Å². The number of methoxy groups -OCH3 is 1. The number of ether oxygens (including phenoxy) is 3. The Kier molecular flexibility index (Phi) is 12.8. The molecule has 0 spiro atoms. The Hall–Kier alpha value is -4.42. The van der Waals surface area contributed by atoms with E-state index in [-0.39, 0.29) is 57.0 Å². The third-order valence-corrected chi connectivity index (χ3v) is 10.8. The molecular weight excluding hydrogens is 718 g/mol. The molecule has 1 fully saturated rings. The van der Waals surface area contributed by atoms with E-state index in [1.807, 2.05) is 65.0 Å². The van der Waals surface area contributed by atoms with Crippen LogP contribution in [0.1, 0.15) is 94.1 Å². The number of nitrogens with two attached hydrogens (primary N) is 1. The maximum atomic E-state index is 16.1. The van der Waals surface area contributed by atoms with Gasteiger partial charge in [-0.25, -0.2) is 13.6 Å². The van der Waals surface area contributed by atoms with Gasteiger partial charge in [0.2, 0.25) is 11.8 Å². The highest BCUT2D eigenvalue weighted by Gasteiger charge is 2.50. The van der Waals surface area contributed by atoms with Crippen molar-refractivity contribution in [2.45, 2.75) is 89.9 Å². The smallest absolute Gasteiger partial charge is 0.407 e. The highest BCUT2D eigenvalue weighted by Crippen LogP contribution is 2.56. The number of rotatable bonds is 13. The minimum atomic E-state index is -1.07. The fraction of sp³-hybridized carbons (Fsp3) is 0.488. The number of primary amides is 1. The zero-order valence-corrected chi connectivity index (χ0v) is 32.5. The highest BCUT2D eigenvalue weighted by atomic mass is 35.5. The molecule has 0 radical (unpaired) electrons. The van der Waals surface area contributed by atoms with Crippen molar-refractivity contribution in [2.75, 3.05) is 26.7 Å². The molecule has 5 N–H and O–H groups in total. The number of fused-ring (bicyclic) bond motifs is 1. The quantitative estimate of drug-likeness (QED) is 0.140.